The topological polar surface area (TPSA) is 59.3 Å². The van der Waals surface area contributed by atoms with Crippen molar-refractivity contribution >= 4 is 22.5 Å². The van der Waals surface area contributed by atoms with Crippen LogP contribution in [-0.2, 0) is 0 Å². The normalized spacial score (nSPS) is 16.6. The van der Waals surface area contributed by atoms with E-state index in [1.54, 1.807) is 17.4 Å². The Morgan fingerprint density at radius 3 is 2.67 bits per heavy atom. The summed E-state index contributed by atoms with van der Waals surface area (Å²) in [6.07, 6.45) is 5.89. The van der Waals surface area contributed by atoms with Gasteiger partial charge in [0.2, 0.25) is 5.70 Å². The quantitative estimate of drug-likeness (QED) is 0.607. The molecule has 2 rings (SSSR count). The molecule has 0 aliphatic carbocycles. The zero-order valence-electron chi connectivity index (χ0n) is 13.0. The molecule has 0 amide bonds. The van der Waals surface area contributed by atoms with Crippen molar-refractivity contribution in [1.29, 1.82) is 0 Å². The van der Waals surface area contributed by atoms with E-state index in [0.717, 1.165) is 28.8 Å². The maximum atomic E-state index is 11.2. The van der Waals surface area contributed by atoms with Crippen molar-refractivity contribution < 1.29 is 4.92 Å². The lowest BCUT2D eigenvalue weighted by molar-refractivity contribution is -0.427. The molecule has 6 heteroatoms. The maximum absolute atomic E-state index is 11.2. The Kier molecular flexibility index (Phi) is 5.33. The number of piperidine rings is 1. The second-order valence-electron chi connectivity index (χ2n) is 5.98. The number of anilines is 1. The lowest BCUT2D eigenvalue weighted by Gasteiger charge is -2.25. The van der Waals surface area contributed by atoms with Crippen LogP contribution in [0, 0.1) is 23.0 Å². The monoisotopic (exact) mass is 309 g/mol. The Balaban J connectivity index is 2.22. The summed E-state index contributed by atoms with van der Waals surface area (Å²) < 4.78 is 0. The fourth-order valence-corrected chi connectivity index (χ4v) is 3.58. The lowest BCUT2D eigenvalue weighted by atomic mass is 10.1. The molecule has 1 aromatic rings. The molecule has 2 heterocycles. The van der Waals surface area contributed by atoms with E-state index in [1.165, 1.54) is 19.3 Å². The Morgan fingerprint density at radius 2 is 2.10 bits per heavy atom. The summed E-state index contributed by atoms with van der Waals surface area (Å²) in [6, 6.07) is 0. The van der Waals surface area contributed by atoms with Crippen LogP contribution >= 0.6 is 11.3 Å². The Labute approximate surface area is 129 Å². The van der Waals surface area contributed by atoms with Gasteiger partial charge in [0.15, 0.2) is 5.13 Å². The van der Waals surface area contributed by atoms with Crippen molar-refractivity contribution in [3.63, 3.8) is 0 Å². The first-order chi connectivity index (χ1) is 9.97. The lowest BCUT2D eigenvalue weighted by Crippen LogP contribution is -2.29. The molecule has 0 spiro atoms. The Hall–Kier alpha value is -1.43. The molecular formula is C15H23N3O2S. The average molecular weight is 309 g/mol. The van der Waals surface area contributed by atoms with E-state index in [-0.39, 0.29) is 16.5 Å². The van der Waals surface area contributed by atoms with Crippen LogP contribution in [0.1, 0.15) is 50.1 Å². The first-order valence-electron chi connectivity index (χ1n) is 7.54. The van der Waals surface area contributed by atoms with E-state index in [1.807, 2.05) is 20.8 Å². The number of rotatable bonds is 5. The second kappa shape index (κ2) is 7.02. The third-order valence-electron chi connectivity index (χ3n) is 3.60. The van der Waals surface area contributed by atoms with Gasteiger partial charge in [-0.3, -0.25) is 10.1 Å². The molecule has 1 saturated heterocycles. The summed E-state index contributed by atoms with van der Waals surface area (Å²) in [6.45, 7) is 8.02. The van der Waals surface area contributed by atoms with Crippen LogP contribution in [0.3, 0.4) is 0 Å². The van der Waals surface area contributed by atoms with Gasteiger partial charge in [0, 0.05) is 25.6 Å². The van der Waals surface area contributed by atoms with E-state index in [0.29, 0.717) is 6.42 Å². The Morgan fingerprint density at radius 1 is 1.43 bits per heavy atom. The average Bonchev–Trinajstić information content (AvgIpc) is 2.80. The molecule has 0 N–H and O–H groups in total. The first kappa shape index (κ1) is 15.9. The van der Waals surface area contributed by atoms with E-state index < -0.39 is 0 Å². The van der Waals surface area contributed by atoms with E-state index >= 15 is 0 Å². The van der Waals surface area contributed by atoms with Gasteiger partial charge >= 0.3 is 0 Å². The summed E-state index contributed by atoms with van der Waals surface area (Å²) in [7, 11) is 0. The highest BCUT2D eigenvalue weighted by Gasteiger charge is 2.19. The van der Waals surface area contributed by atoms with Crippen LogP contribution in [0.15, 0.2) is 5.70 Å². The van der Waals surface area contributed by atoms with Crippen LogP contribution in [0.4, 0.5) is 5.13 Å². The molecule has 116 valence electrons. The van der Waals surface area contributed by atoms with Crippen LogP contribution in [0.25, 0.3) is 6.08 Å². The number of thiazole rings is 1. The van der Waals surface area contributed by atoms with Gasteiger partial charge < -0.3 is 4.90 Å². The number of nitro groups is 1. The Bertz CT molecular complexity index is 531. The zero-order valence-corrected chi connectivity index (χ0v) is 13.8. The molecule has 1 aliphatic heterocycles. The van der Waals surface area contributed by atoms with Gasteiger partial charge in [-0.2, -0.15) is 0 Å². The summed E-state index contributed by atoms with van der Waals surface area (Å²) in [5.41, 5.74) is 1.17. The van der Waals surface area contributed by atoms with Gasteiger partial charge in [0.05, 0.1) is 15.5 Å². The SMILES string of the molecule is Cc1nc(N2CCCCC2)sc1C=C(CC(C)C)[N+](=O)[O-]. The third kappa shape index (κ3) is 4.27. The summed E-state index contributed by atoms with van der Waals surface area (Å²) in [5.74, 6) is 0.274. The van der Waals surface area contributed by atoms with Gasteiger partial charge in [-0.05, 0) is 32.1 Å². The summed E-state index contributed by atoms with van der Waals surface area (Å²) in [4.78, 5) is 18.7. The van der Waals surface area contributed by atoms with Crippen molar-refractivity contribution in [3.05, 3.63) is 26.4 Å². The van der Waals surface area contributed by atoms with Crippen LogP contribution in [-0.4, -0.2) is 23.0 Å². The zero-order chi connectivity index (χ0) is 15.4. The largest absolute Gasteiger partial charge is 0.348 e. The minimum Gasteiger partial charge on any atom is -0.348 e. The molecule has 5 nitrogen and oxygen atoms in total. The number of aromatic nitrogens is 1. The van der Waals surface area contributed by atoms with Gasteiger partial charge in [0.1, 0.15) is 0 Å². The van der Waals surface area contributed by atoms with Gasteiger partial charge in [-0.15, -0.1) is 0 Å². The van der Waals surface area contributed by atoms with E-state index in [9.17, 15) is 10.1 Å². The fourth-order valence-electron chi connectivity index (χ4n) is 2.50. The molecule has 21 heavy (non-hydrogen) atoms. The highest BCUT2D eigenvalue weighted by Crippen LogP contribution is 2.30. The van der Waals surface area contributed by atoms with Crippen LogP contribution in [0.5, 0.6) is 0 Å². The number of hydrogen-bond acceptors (Lipinski definition) is 5. The van der Waals surface area contributed by atoms with Crippen LogP contribution in [0.2, 0.25) is 0 Å². The van der Waals surface area contributed by atoms with E-state index in [2.05, 4.69) is 9.88 Å². The van der Waals surface area contributed by atoms with E-state index in [4.69, 9.17) is 0 Å². The van der Waals surface area contributed by atoms with Crippen molar-refractivity contribution in [2.75, 3.05) is 18.0 Å². The highest BCUT2D eigenvalue weighted by molar-refractivity contribution is 7.16. The minimum atomic E-state index is -0.264. The molecule has 1 fully saturated rings. The molecule has 0 aromatic carbocycles. The number of allylic oxidation sites excluding steroid dienone is 1. The summed E-state index contributed by atoms with van der Waals surface area (Å²) in [5, 5.41) is 12.2. The third-order valence-corrected chi connectivity index (χ3v) is 4.76. The minimum absolute atomic E-state index is 0.264. The standard InChI is InChI=1S/C15H23N3O2S/c1-11(2)9-13(18(19)20)10-14-12(3)16-15(21-14)17-7-5-4-6-8-17/h10-11H,4-9H2,1-3H3. The number of hydrogen-bond donors (Lipinski definition) is 0. The van der Waals surface area contributed by atoms with Gasteiger partial charge in [-0.1, -0.05) is 25.2 Å². The molecule has 0 unspecified atom stereocenters. The van der Waals surface area contributed by atoms with Gasteiger partial charge in [0.25, 0.3) is 0 Å². The smallest absolute Gasteiger partial charge is 0.247 e. The van der Waals surface area contributed by atoms with Crippen molar-refractivity contribution in [2.45, 2.75) is 46.5 Å². The molecule has 0 saturated carbocycles. The molecular weight excluding hydrogens is 286 g/mol. The summed E-state index contributed by atoms with van der Waals surface area (Å²) >= 11 is 1.57. The van der Waals surface area contributed by atoms with Crippen LogP contribution < -0.4 is 4.90 Å². The van der Waals surface area contributed by atoms with Crippen molar-refractivity contribution in [3.8, 4) is 0 Å². The molecule has 1 aromatic heterocycles. The van der Waals surface area contributed by atoms with Crippen molar-refractivity contribution in [2.24, 2.45) is 5.92 Å². The predicted molar refractivity (Wildman–Crippen MR) is 87.3 cm³/mol. The molecule has 0 bridgehead atoms. The van der Waals surface area contributed by atoms with Crippen molar-refractivity contribution in [1.82, 2.24) is 4.98 Å². The number of aryl methyl sites for hydroxylation is 1. The first-order valence-corrected chi connectivity index (χ1v) is 8.36. The predicted octanol–water partition coefficient (Wildman–Crippen LogP) is 4.11. The molecule has 0 atom stereocenters. The van der Waals surface area contributed by atoms with Gasteiger partial charge in [-0.25, -0.2) is 4.98 Å². The molecule has 0 radical (unpaired) electrons. The highest BCUT2D eigenvalue weighted by atomic mass is 32.1. The number of nitrogens with zero attached hydrogens (tertiary/aromatic N) is 3. The maximum Gasteiger partial charge on any atom is 0.247 e. The molecule has 1 aliphatic rings. The second-order valence-corrected chi connectivity index (χ2v) is 6.99. The fraction of sp³-hybridized carbons (Fsp3) is 0.667.